The van der Waals surface area contributed by atoms with Gasteiger partial charge in [-0.05, 0) is 6.92 Å². The molecule has 3 rings (SSSR count). The molecule has 3 aliphatic heterocycles. The highest BCUT2D eigenvalue weighted by molar-refractivity contribution is 5.73. The van der Waals surface area contributed by atoms with Crippen molar-refractivity contribution in [3.05, 3.63) is 0 Å². The van der Waals surface area contributed by atoms with E-state index >= 15 is 0 Å². The maximum Gasteiger partial charge on any atom is 0.335 e. The van der Waals surface area contributed by atoms with Crippen LogP contribution < -0.4 is 0 Å². The van der Waals surface area contributed by atoms with Crippen LogP contribution in [0.2, 0.25) is 0 Å². The van der Waals surface area contributed by atoms with Crippen LogP contribution in [0.25, 0.3) is 0 Å². The number of hydrogen-bond donors (Lipinski definition) is 10. The highest BCUT2D eigenvalue weighted by atomic mass is 16.8. The Bertz CT molecular complexity index is 693. The third kappa shape index (κ3) is 5.20. The summed E-state index contributed by atoms with van der Waals surface area (Å²) < 4.78 is 26.3. The van der Waals surface area contributed by atoms with Crippen molar-refractivity contribution in [2.75, 3.05) is 6.61 Å². The van der Waals surface area contributed by atoms with Crippen molar-refractivity contribution in [2.24, 2.45) is 0 Å². The number of carboxylic acid groups (broad SMARTS) is 1. The minimum Gasteiger partial charge on any atom is -0.479 e. The molecule has 198 valence electrons. The first-order valence-electron chi connectivity index (χ1n) is 10.4. The van der Waals surface area contributed by atoms with Crippen LogP contribution in [-0.2, 0) is 28.5 Å². The number of carboxylic acids is 1. The van der Waals surface area contributed by atoms with E-state index in [-0.39, 0.29) is 0 Å². The quantitative estimate of drug-likeness (QED) is 0.162. The molecule has 0 spiro atoms. The van der Waals surface area contributed by atoms with E-state index in [1.165, 1.54) is 6.92 Å². The maximum atomic E-state index is 11.8. The predicted octanol–water partition coefficient (Wildman–Crippen LogP) is -6.45. The summed E-state index contributed by atoms with van der Waals surface area (Å²) in [6.07, 6.45) is -26.7. The third-order valence-electron chi connectivity index (χ3n) is 6.02. The molecule has 0 aromatic carbocycles. The summed E-state index contributed by atoms with van der Waals surface area (Å²) in [7, 11) is 0. The van der Waals surface area contributed by atoms with Crippen molar-refractivity contribution in [3.8, 4) is 0 Å². The first-order chi connectivity index (χ1) is 15.9. The molecule has 15 atom stereocenters. The molecule has 0 aliphatic carbocycles. The molecule has 3 aliphatic rings. The molecule has 0 unspecified atom stereocenters. The lowest BCUT2D eigenvalue weighted by Crippen LogP contribution is -2.67. The molecule has 0 saturated carbocycles. The predicted molar refractivity (Wildman–Crippen MR) is 100 cm³/mol. The third-order valence-corrected chi connectivity index (χ3v) is 6.02. The molecule has 16 heteroatoms. The molecular weight excluding hydrogens is 472 g/mol. The van der Waals surface area contributed by atoms with E-state index in [1.807, 2.05) is 0 Å². The van der Waals surface area contributed by atoms with Crippen LogP contribution in [-0.4, -0.2) is 156 Å². The second-order valence-corrected chi connectivity index (χ2v) is 8.36. The van der Waals surface area contributed by atoms with Gasteiger partial charge in [0.25, 0.3) is 0 Å². The average molecular weight is 502 g/mol. The van der Waals surface area contributed by atoms with Gasteiger partial charge in [0.2, 0.25) is 0 Å². The largest absolute Gasteiger partial charge is 0.479 e. The fourth-order valence-electron chi connectivity index (χ4n) is 3.96. The number of rotatable bonds is 6. The second-order valence-electron chi connectivity index (χ2n) is 8.36. The SMILES string of the molecule is C[C@H]1O[C@@H](O[C@@H]2[C@@H](O)[C@H](O)O[C@H](C(=O)O)[C@H]2O[C@@H]2O[C@H](CO)[C@H](O)[C@H](O)[C@H]2O)[C@H](O)[C@@H](O)[C@H]1O. The number of hydrogen-bond acceptors (Lipinski definition) is 15. The Morgan fingerprint density at radius 3 is 1.79 bits per heavy atom. The zero-order valence-corrected chi connectivity index (χ0v) is 17.8. The molecule has 0 bridgehead atoms. The molecule has 3 heterocycles. The van der Waals surface area contributed by atoms with E-state index in [0.29, 0.717) is 0 Å². The fraction of sp³-hybridized carbons (Fsp3) is 0.944. The smallest absolute Gasteiger partial charge is 0.335 e. The Kier molecular flexibility index (Phi) is 8.81. The topological polar surface area (TPSA) is 266 Å². The summed E-state index contributed by atoms with van der Waals surface area (Å²) in [5.74, 6) is -1.71. The van der Waals surface area contributed by atoms with Gasteiger partial charge >= 0.3 is 5.97 Å². The Balaban J connectivity index is 1.88. The number of carbonyl (C=O) groups is 1. The molecule has 0 aromatic rings. The molecule has 0 amide bonds. The van der Waals surface area contributed by atoms with Crippen molar-refractivity contribution in [1.82, 2.24) is 0 Å². The van der Waals surface area contributed by atoms with Gasteiger partial charge in [-0.25, -0.2) is 4.79 Å². The van der Waals surface area contributed by atoms with E-state index in [9.17, 15) is 55.9 Å². The minimum atomic E-state index is -2.12. The summed E-state index contributed by atoms with van der Waals surface area (Å²) in [6, 6.07) is 0. The van der Waals surface area contributed by atoms with E-state index in [0.717, 1.165) is 0 Å². The fourth-order valence-corrected chi connectivity index (χ4v) is 3.96. The summed E-state index contributed by atoms with van der Waals surface area (Å²) in [4.78, 5) is 11.8. The van der Waals surface area contributed by atoms with Gasteiger partial charge in [0.15, 0.2) is 25.0 Å². The van der Waals surface area contributed by atoms with Crippen LogP contribution in [0.15, 0.2) is 0 Å². The molecule has 3 saturated heterocycles. The number of aliphatic carboxylic acids is 1. The van der Waals surface area contributed by atoms with Gasteiger partial charge in [-0.2, -0.15) is 0 Å². The van der Waals surface area contributed by atoms with Gasteiger partial charge in [-0.15, -0.1) is 0 Å². The van der Waals surface area contributed by atoms with Crippen LogP contribution >= 0.6 is 0 Å². The van der Waals surface area contributed by atoms with Crippen LogP contribution in [0, 0.1) is 0 Å². The standard InChI is InChI=1S/C18H30O16/c1-3-5(20)7(22)9(24)17(30-3)33-12-11(26)16(29)32-14(15(27)28)13(12)34-18-10(25)8(23)6(21)4(2-19)31-18/h3-14,16-26,29H,2H2,1H3,(H,27,28)/t3-,4-,5+,6+,7+,8+,9-,10-,11-,12-,13+,14+,16-,17+,18+/m1/s1. The van der Waals surface area contributed by atoms with E-state index in [2.05, 4.69) is 0 Å². The second kappa shape index (κ2) is 10.9. The Hall–Kier alpha value is -1.09. The minimum absolute atomic E-state index is 0.810. The van der Waals surface area contributed by atoms with E-state index in [1.54, 1.807) is 0 Å². The molecule has 34 heavy (non-hydrogen) atoms. The first-order valence-corrected chi connectivity index (χ1v) is 10.4. The molecular formula is C18H30O16. The molecule has 0 radical (unpaired) electrons. The van der Waals surface area contributed by atoms with Crippen LogP contribution in [0.5, 0.6) is 0 Å². The van der Waals surface area contributed by atoms with Gasteiger partial charge in [0.1, 0.15) is 61.0 Å². The lowest BCUT2D eigenvalue weighted by molar-refractivity contribution is -0.378. The zero-order valence-electron chi connectivity index (χ0n) is 17.8. The van der Waals surface area contributed by atoms with Crippen molar-refractivity contribution >= 4 is 5.97 Å². The van der Waals surface area contributed by atoms with Gasteiger partial charge in [0.05, 0.1) is 12.7 Å². The maximum absolute atomic E-state index is 11.8. The zero-order chi connectivity index (χ0) is 25.5. The summed E-state index contributed by atoms with van der Waals surface area (Å²) in [6.45, 7) is 0.531. The first kappa shape index (κ1) is 27.5. The van der Waals surface area contributed by atoms with Crippen LogP contribution in [0.1, 0.15) is 6.92 Å². The molecule has 10 N–H and O–H groups in total. The Morgan fingerprint density at radius 2 is 1.24 bits per heavy atom. The van der Waals surface area contributed by atoms with E-state index < -0.39 is 105 Å². The number of aliphatic hydroxyl groups excluding tert-OH is 9. The lowest BCUT2D eigenvalue weighted by atomic mass is 9.96. The number of aliphatic hydroxyl groups is 9. The monoisotopic (exact) mass is 502 g/mol. The van der Waals surface area contributed by atoms with Crippen LogP contribution in [0.3, 0.4) is 0 Å². The highest BCUT2D eigenvalue weighted by Gasteiger charge is 2.55. The molecule has 0 aromatic heterocycles. The summed E-state index contributed by atoms with van der Waals surface area (Å²) >= 11 is 0. The lowest BCUT2D eigenvalue weighted by Gasteiger charge is -2.47. The highest BCUT2D eigenvalue weighted by Crippen LogP contribution is 2.32. The Labute approximate surface area is 192 Å². The van der Waals surface area contributed by atoms with Crippen molar-refractivity contribution in [3.63, 3.8) is 0 Å². The average Bonchev–Trinajstić information content (AvgIpc) is 2.80. The van der Waals surface area contributed by atoms with Crippen molar-refractivity contribution in [1.29, 1.82) is 0 Å². The van der Waals surface area contributed by atoms with Crippen molar-refractivity contribution in [2.45, 2.75) is 99.0 Å². The van der Waals surface area contributed by atoms with Gasteiger partial charge in [-0.3, -0.25) is 0 Å². The Morgan fingerprint density at radius 1 is 0.706 bits per heavy atom. The van der Waals surface area contributed by atoms with Gasteiger partial charge in [-0.1, -0.05) is 0 Å². The summed E-state index contributed by atoms with van der Waals surface area (Å²) in [5.41, 5.74) is 0. The van der Waals surface area contributed by atoms with E-state index in [4.69, 9.17) is 23.7 Å². The normalized spacial score (nSPS) is 52.4. The van der Waals surface area contributed by atoms with Gasteiger partial charge in [0, 0.05) is 0 Å². The summed E-state index contributed by atoms with van der Waals surface area (Å²) in [5, 5.41) is 99.5. The van der Waals surface area contributed by atoms with Gasteiger partial charge < -0.3 is 74.7 Å². The van der Waals surface area contributed by atoms with Crippen LogP contribution in [0.4, 0.5) is 0 Å². The number of ether oxygens (including phenoxy) is 5. The molecule has 16 nitrogen and oxygen atoms in total. The van der Waals surface area contributed by atoms with Crippen molar-refractivity contribution < 1.29 is 79.5 Å². The molecule has 3 fully saturated rings.